The Morgan fingerprint density at radius 1 is 1.07 bits per heavy atom. The fraction of sp³-hybridized carbons (Fsp3) is 0.409. The second kappa shape index (κ2) is 9.22. The predicted octanol–water partition coefficient (Wildman–Crippen LogP) is 3.85. The summed E-state index contributed by atoms with van der Waals surface area (Å²) >= 11 is 0. The van der Waals surface area contributed by atoms with Crippen LogP contribution in [0.4, 0.5) is 25.8 Å². The van der Waals surface area contributed by atoms with E-state index in [1.54, 1.807) is 6.92 Å². The number of likely N-dealkylation sites (N-methyl/N-ethyl adjacent to an activating group) is 1. The molecule has 0 aliphatic carbocycles. The largest absolute Gasteiger partial charge is 0.374 e. The van der Waals surface area contributed by atoms with Gasteiger partial charge in [-0.15, -0.1) is 0 Å². The van der Waals surface area contributed by atoms with Crippen LogP contribution in [-0.2, 0) is 4.79 Å². The SMILES string of the molecule is CCN1CCN(c2ccc(N[C@H](C)C(=O)Nc3ccc(F)c(F)c3)c(C)c2)CC1. The summed E-state index contributed by atoms with van der Waals surface area (Å²) in [6.07, 6.45) is 0. The van der Waals surface area contributed by atoms with E-state index in [-0.39, 0.29) is 11.6 Å². The number of carbonyl (C=O) groups excluding carboxylic acids is 1. The van der Waals surface area contributed by atoms with E-state index >= 15 is 0 Å². The van der Waals surface area contributed by atoms with Gasteiger partial charge in [-0.3, -0.25) is 4.79 Å². The molecule has 1 aliphatic rings. The van der Waals surface area contributed by atoms with E-state index in [9.17, 15) is 13.6 Å². The number of halogens is 2. The summed E-state index contributed by atoms with van der Waals surface area (Å²) in [5, 5.41) is 5.80. The van der Waals surface area contributed by atoms with Gasteiger partial charge in [0.25, 0.3) is 0 Å². The molecule has 1 fully saturated rings. The number of nitrogens with one attached hydrogen (secondary N) is 2. The number of carbonyl (C=O) groups is 1. The van der Waals surface area contributed by atoms with Crippen LogP contribution in [0.15, 0.2) is 36.4 Å². The Bertz CT molecular complexity index is 866. The van der Waals surface area contributed by atoms with E-state index in [1.165, 1.54) is 11.8 Å². The maximum Gasteiger partial charge on any atom is 0.246 e. The fourth-order valence-electron chi connectivity index (χ4n) is 3.45. The Labute approximate surface area is 170 Å². The average molecular weight is 402 g/mol. The van der Waals surface area contributed by atoms with Gasteiger partial charge in [-0.2, -0.15) is 0 Å². The lowest BCUT2D eigenvalue weighted by atomic mass is 10.1. The zero-order valence-electron chi connectivity index (χ0n) is 17.1. The van der Waals surface area contributed by atoms with Gasteiger partial charge >= 0.3 is 0 Å². The predicted molar refractivity (Wildman–Crippen MR) is 114 cm³/mol. The van der Waals surface area contributed by atoms with Crippen molar-refractivity contribution in [3.8, 4) is 0 Å². The summed E-state index contributed by atoms with van der Waals surface area (Å²) < 4.78 is 26.3. The molecule has 3 rings (SSSR count). The topological polar surface area (TPSA) is 47.6 Å². The zero-order valence-corrected chi connectivity index (χ0v) is 17.1. The van der Waals surface area contributed by atoms with Crippen LogP contribution in [0.5, 0.6) is 0 Å². The molecule has 1 heterocycles. The van der Waals surface area contributed by atoms with E-state index in [4.69, 9.17) is 0 Å². The third-order valence-electron chi connectivity index (χ3n) is 5.35. The number of rotatable bonds is 6. The molecule has 29 heavy (non-hydrogen) atoms. The number of amides is 1. The van der Waals surface area contributed by atoms with Crippen molar-refractivity contribution >= 4 is 23.0 Å². The minimum atomic E-state index is -0.991. The summed E-state index contributed by atoms with van der Waals surface area (Å²) in [6.45, 7) is 11.2. The summed E-state index contributed by atoms with van der Waals surface area (Å²) in [4.78, 5) is 17.2. The molecule has 0 saturated carbocycles. The molecule has 1 aliphatic heterocycles. The van der Waals surface area contributed by atoms with Gasteiger partial charge in [0.1, 0.15) is 6.04 Å². The molecule has 2 aromatic carbocycles. The van der Waals surface area contributed by atoms with Gasteiger partial charge in [-0.05, 0) is 56.3 Å². The van der Waals surface area contributed by atoms with Crippen LogP contribution in [0.3, 0.4) is 0 Å². The first-order valence-electron chi connectivity index (χ1n) is 9.97. The highest BCUT2D eigenvalue weighted by molar-refractivity contribution is 5.96. The molecule has 0 spiro atoms. The first-order valence-corrected chi connectivity index (χ1v) is 9.97. The van der Waals surface area contributed by atoms with Crippen molar-refractivity contribution in [2.75, 3.05) is 48.3 Å². The van der Waals surface area contributed by atoms with E-state index in [0.717, 1.165) is 56.1 Å². The van der Waals surface area contributed by atoms with Gasteiger partial charge in [-0.25, -0.2) is 8.78 Å². The lowest BCUT2D eigenvalue weighted by molar-refractivity contribution is -0.116. The van der Waals surface area contributed by atoms with Crippen LogP contribution in [0, 0.1) is 18.6 Å². The van der Waals surface area contributed by atoms with Gasteiger partial charge in [-0.1, -0.05) is 6.92 Å². The molecular formula is C22H28F2N4O. The summed E-state index contributed by atoms with van der Waals surface area (Å²) in [6, 6.07) is 8.94. The Morgan fingerprint density at radius 2 is 1.79 bits per heavy atom. The molecule has 0 unspecified atom stereocenters. The van der Waals surface area contributed by atoms with Crippen molar-refractivity contribution in [3.63, 3.8) is 0 Å². The monoisotopic (exact) mass is 402 g/mol. The number of benzene rings is 2. The summed E-state index contributed by atoms with van der Waals surface area (Å²) in [7, 11) is 0. The normalized spacial score (nSPS) is 15.8. The lowest BCUT2D eigenvalue weighted by Gasteiger charge is -2.35. The first-order chi connectivity index (χ1) is 13.9. The standard InChI is InChI=1S/C22H28F2N4O/c1-4-27-9-11-28(12-10-27)18-6-8-21(15(2)13-18)25-16(3)22(29)26-17-5-7-19(23)20(24)14-17/h5-8,13-14,16,25H,4,9-12H2,1-3H3,(H,26,29)/t16-/m1/s1. The Hall–Kier alpha value is -2.67. The second-order valence-electron chi connectivity index (χ2n) is 7.40. The van der Waals surface area contributed by atoms with E-state index in [0.29, 0.717) is 0 Å². The highest BCUT2D eigenvalue weighted by Gasteiger charge is 2.18. The third-order valence-corrected chi connectivity index (χ3v) is 5.35. The number of aryl methyl sites for hydroxylation is 1. The van der Waals surface area contributed by atoms with E-state index in [1.807, 2.05) is 13.0 Å². The second-order valence-corrected chi connectivity index (χ2v) is 7.40. The zero-order chi connectivity index (χ0) is 21.0. The first kappa shape index (κ1) is 21.0. The molecule has 0 aromatic heterocycles. The molecule has 5 nitrogen and oxygen atoms in total. The van der Waals surface area contributed by atoms with Crippen LogP contribution in [0.1, 0.15) is 19.4 Å². The van der Waals surface area contributed by atoms with Crippen LogP contribution in [0.25, 0.3) is 0 Å². The number of hydrogen-bond donors (Lipinski definition) is 2. The highest BCUT2D eigenvalue weighted by Crippen LogP contribution is 2.24. The van der Waals surface area contributed by atoms with Crippen molar-refractivity contribution in [2.24, 2.45) is 0 Å². The van der Waals surface area contributed by atoms with Crippen molar-refractivity contribution in [3.05, 3.63) is 53.6 Å². The van der Waals surface area contributed by atoms with Gasteiger partial charge in [0.05, 0.1) is 0 Å². The molecular weight excluding hydrogens is 374 g/mol. The number of hydrogen-bond acceptors (Lipinski definition) is 4. The summed E-state index contributed by atoms with van der Waals surface area (Å²) in [5.41, 5.74) is 3.32. The van der Waals surface area contributed by atoms with E-state index in [2.05, 4.69) is 39.5 Å². The van der Waals surface area contributed by atoms with Crippen molar-refractivity contribution < 1.29 is 13.6 Å². The van der Waals surface area contributed by atoms with Crippen LogP contribution >= 0.6 is 0 Å². The summed E-state index contributed by atoms with van der Waals surface area (Å²) in [5.74, 6) is -2.26. The third kappa shape index (κ3) is 5.23. The molecule has 156 valence electrons. The van der Waals surface area contributed by atoms with Gasteiger partial charge in [0, 0.05) is 49.3 Å². The van der Waals surface area contributed by atoms with Gasteiger partial charge < -0.3 is 20.4 Å². The molecule has 7 heteroatoms. The van der Waals surface area contributed by atoms with Crippen LogP contribution < -0.4 is 15.5 Å². The Kier molecular flexibility index (Phi) is 6.69. The van der Waals surface area contributed by atoms with Crippen molar-refractivity contribution in [2.45, 2.75) is 26.8 Å². The molecule has 1 amide bonds. The quantitative estimate of drug-likeness (QED) is 0.771. The van der Waals surface area contributed by atoms with Crippen LogP contribution in [0.2, 0.25) is 0 Å². The molecule has 0 radical (unpaired) electrons. The van der Waals surface area contributed by atoms with Crippen molar-refractivity contribution in [1.29, 1.82) is 0 Å². The maximum atomic E-state index is 13.3. The van der Waals surface area contributed by atoms with Crippen LogP contribution in [-0.4, -0.2) is 49.6 Å². The van der Waals surface area contributed by atoms with Crippen molar-refractivity contribution in [1.82, 2.24) is 4.90 Å². The lowest BCUT2D eigenvalue weighted by Crippen LogP contribution is -2.46. The average Bonchev–Trinajstić information content (AvgIpc) is 2.72. The Balaban J connectivity index is 1.60. The minimum absolute atomic E-state index is 0.223. The molecule has 2 N–H and O–H groups in total. The molecule has 1 atom stereocenters. The molecule has 1 saturated heterocycles. The minimum Gasteiger partial charge on any atom is -0.374 e. The maximum absolute atomic E-state index is 13.3. The fourth-order valence-corrected chi connectivity index (χ4v) is 3.45. The molecule has 0 bridgehead atoms. The smallest absolute Gasteiger partial charge is 0.246 e. The van der Waals surface area contributed by atoms with Gasteiger partial charge in [0.15, 0.2) is 11.6 Å². The highest BCUT2D eigenvalue weighted by atomic mass is 19.2. The number of anilines is 3. The number of piperazine rings is 1. The van der Waals surface area contributed by atoms with E-state index < -0.39 is 17.7 Å². The number of nitrogens with zero attached hydrogens (tertiary/aromatic N) is 2. The van der Waals surface area contributed by atoms with Gasteiger partial charge in [0.2, 0.25) is 5.91 Å². The Morgan fingerprint density at radius 3 is 2.41 bits per heavy atom. The molecule has 2 aromatic rings.